The van der Waals surface area contributed by atoms with Gasteiger partial charge >= 0.3 is 17.1 Å². The fourth-order valence-electron chi connectivity index (χ4n) is 4.16. The summed E-state index contributed by atoms with van der Waals surface area (Å²) in [7, 11) is 0. The van der Waals surface area contributed by atoms with Gasteiger partial charge in [-0.05, 0) is 38.5 Å². The van der Waals surface area contributed by atoms with Crippen LogP contribution in [0, 0.1) is 15.6 Å². The standard InChI is InChI=1S/C27H42N9O12.Fe/c1-16(37)34(46)10-4-7-19-25(43)30-14-23(41)28-13-22(40)29-15-24(42)31-20(8-5-11-35(47)17(2)38)26(44)33-21(27(45)32-19)9-6-12-36(48)18(3)39;/h19-21H,4-15H2,1-3H3,(H,28,41)(H,29,40)(H,30,43)(H,31,42)(H,32,45)(H,33,44);/q-3;+3/i;1-1. The minimum atomic E-state index is -1.46. The van der Waals surface area contributed by atoms with Crippen molar-refractivity contribution >= 4 is 53.2 Å². The Hall–Kier alpha value is -4.37. The molecule has 49 heavy (non-hydrogen) atoms. The summed E-state index contributed by atoms with van der Waals surface area (Å²) in [5.74, 6) is -7.58. The van der Waals surface area contributed by atoms with Crippen LogP contribution in [-0.4, -0.2) is 126 Å². The van der Waals surface area contributed by atoms with Crippen molar-refractivity contribution in [1.29, 1.82) is 0 Å². The average molecular weight is 740 g/mol. The number of rotatable bonds is 12. The van der Waals surface area contributed by atoms with Gasteiger partial charge in [0.05, 0.1) is 19.6 Å². The molecule has 1 fully saturated rings. The largest absolute Gasteiger partial charge is 3.00 e. The number of hydrogen-bond donors (Lipinski definition) is 6. The van der Waals surface area contributed by atoms with Crippen LogP contribution in [0.4, 0.5) is 0 Å². The molecule has 6 N–H and O–H groups in total. The Labute approximate surface area is 292 Å². The topological polar surface area (TPSA) is 305 Å². The molecule has 275 valence electrons. The molecule has 0 aromatic carbocycles. The Bertz CT molecular complexity index is 1180. The van der Waals surface area contributed by atoms with E-state index in [9.17, 15) is 58.8 Å². The molecule has 3 atom stereocenters. The van der Waals surface area contributed by atoms with Crippen LogP contribution in [0.3, 0.4) is 0 Å². The molecule has 0 aliphatic carbocycles. The summed E-state index contributed by atoms with van der Waals surface area (Å²) in [6, 6.07) is -4.26. The van der Waals surface area contributed by atoms with Gasteiger partial charge in [0, 0.05) is 40.4 Å². The minimum Gasteiger partial charge on any atom is -0.756 e. The summed E-state index contributed by atoms with van der Waals surface area (Å²) >= 11 is 0. The van der Waals surface area contributed by atoms with E-state index < -0.39 is 90.9 Å². The van der Waals surface area contributed by atoms with Crippen molar-refractivity contribution in [3.05, 3.63) is 15.6 Å². The van der Waals surface area contributed by atoms with Crippen LogP contribution in [0.1, 0.15) is 59.3 Å². The molecule has 0 aromatic rings. The monoisotopic (exact) mass is 739 g/mol. The van der Waals surface area contributed by atoms with Gasteiger partial charge in [0.25, 0.3) is 0 Å². The number of hydrogen-bond acceptors (Lipinski definition) is 12. The summed E-state index contributed by atoms with van der Waals surface area (Å²) in [5.41, 5.74) is 0. The first-order valence-electron chi connectivity index (χ1n) is 15.1. The Morgan fingerprint density at radius 2 is 0.837 bits per heavy atom. The molecule has 1 aliphatic rings. The second kappa shape index (κ2) is 23.1. The van der Waals surface area contributed by atoms with Gasteiger partial charge in [-0.15, -0.1) is 0 Å². The molecular weight excluding hydrogens is 697 g/mol. The Morgan fingerprint density at radius 3 is 1.20 bits per heavy atom. The van der Waals surface area contributed by atoms with E-state index in [0.29, 0.717) is 0 Å². The van der Waals surface area contributed by atoms with Crippen LogP contribution < -0.4 is 31.9 Å². The summed E-state index contributed by atoms with van der Waals surface area (Å²) in [5, 5.41) is 49.6. The smallest absolute Gasteiger partial charge is 0.756 e. The van der Waals surface area contributed by atoms with E-state index in [-0.39, 0.29) is 90.4 Å². The molecule has 0 spiro atoms. The van der Waals surface area contributed by atoms with Crippen LogP contribution >= 0.6 is 0 Å². The van der Waals surface area contributed by atoms with E-state index >= 15 is 0 Å². The van der Waals surface area contributed by atoms with E-state index in [1.165, 1.54) is 0 Å². The first kappa shape index (κ1) is 44.6. The Balaban J connectivity index is 0.0000230. The molecule has 1 radical (unpaired) electrons. The third kappa shape index (κ3) is 18.1. The van der Waals surface area contributed by atoms with Gasteiger partial charge in [-0.1, -0.05) is 0 Å². The number of carbonyl (C=O) groups is 9. The third-order valence-electron chi connectivity index (χ3n) is 6.85. The van der Waals surface area contributed by atoms with E-state index in [2.05, 4.69) is 31.9 Å². The van der Waals surface area contributed by atoms with Gasteiger partial charge in [0.2, 0.25) is 53.2 Å². The normalized spacial score (nSPS) is 19.6. The van der Waals surface area contributed by atoms with Crippen LogP contribution in [0.5, 0.6) is 0 Å². The van der Waals surface area contributed by atoms with E-state index in [0.717, 1.165) is 20.8 Å². The van der Waals surface area contributed by atoms with Gasteiger partial charge in [-0.3, -0.25) is 43.2 Å². The maximum atomic E-state index is 13.5. The summed E-state index contributed by atoms with van der Waals surface area (Å²) < 4.78 is 0. The molecular formula is C27H42FeN9O12. The zero-order valence-electron chi connectivity index (χ0n) is 27.3. The maximum Gasteiger partial charge on any atom is 3.00 e. The third-order valence-corrected chi connectivity index (χ3v) is 6.85. The average Bonchev–Trinajstić information content (AvgIpc) is 3.02. The molecule has 21 nitrogen and oxygen atoms in total. The maximum absolute atomic E-state index is 13.5. The SMILES string of the molecule is CC(=O)N([O-])CCCC1NC(=O)CNC(=O)CNC(=O)CNC(=O)C(CCCN([O-])C(C)=O)NC(=O)C(CCCN([O-])C(C)=O)NC1=O.[55Fe+3]. The Morgan fingerprint density at radius 1 is 0.531 bits per heavy atom. The van der Waals surface area contributed by atoms with Crippen LogP contribution in [0.15, 0.2) is 0 Å². The predicted molar refractivity (Wildman–Crippen MR) is 165 cm³/mol. The number of amides is 9. The molecule has 22 heteroatoms. The van der Waals surface area contributed by atoms with Crippen molar-refractivity contribution in [2.45, 2.75) is 77.4 Å². The molecule has 1 saturated heterocycles. The molecule has 3 unspecified atom stereocenters. The predicted octanol–water partition coefficient (Wildman–Crippen LogP) is -3.82. The minimum absolute atomic E-state index is 0. The van der Waals surface area contributed by atoms with Crippen molar-refractivity contribution in [2.75, 3.05) is 39.3 Å². The first-order chi connectivity index (χ1) is 22.5. The van der Waals surface area contributed by atoms with E-state index in [4.69, 9.17) is 0 Å². The van der Waals surface area contributed by atoms with Crippen molar-refractivity contribution in [2.24, 2.45) is 0 Å². The number of hydroxylamine groups is 6. The number of nitrogens with one attached hydrogen (secondary N) is 6. The Kier molecular flexibility index (Phi) is 21.0. The molecule has 0 saturated carbocycles. The summed E-state index contributed by atoms with van der Waals surface area (Å²) in [6.07, 6.45) is -0.885. The quantitative estimate of drug-likeness (QED) is 0.0829. The van der Waals surface area contributed by atoms with E-state index in [1.807, 2.05) is 0 Å². The van der Waals surface area contributed by atoms with Gasteiger partial charge in [-0.2, -0.15) is 0 Å². The molecule has 1 rings (SSSR count). The molecule has 9 amide bonds. The number of carbonyl (C=O) groups excluding carboxylic acids is 9. The molecule has 1 aliphatic heterocycles. The zero-order chi connectivity index (χ0) is 36.4. The molecule has 0 aromatic heterocycles. The second-order valence-corrected chi connectivity index (χ2v) is 10.8. The van der Waals surface area contributed by atoms with E-state index in [1.54, 1.807) is 0 Å². The molecule has 0 bridgehead atoms. The van der Waals surface area contributed by atoms with Gasteiger partial charge in [0.1, 0.15) is 18.1 Å². The summed E-state index contributed by atoms with van der Waals surface area (Å²) in [6.45, 7) is 0.246. The van der Waals surface area contributed by atoms with Gasteiger partial charge in [0.15, 0.2) is 0 Å². The van der Waals surface area contributed by atoms with Crippen molar-refractivity contribution in [1.82, 2.24) is 47.1 Å². The van der Waals surface area contributed by atoms with Gasteiger partial charge in [-0.25, -0.2) is 0 Å². The van der Waals surface area contributed by atoms with Crippen molar-refractivity contribution in [3.63, 3.8) is 0 Å². The second-order valence-electron chi connectivity index (χ2n) is 10.8. The first-order valence-corrected chi connectivity index (χ1v) is 15.1. The fraction of sp³-hybridized carbons (Fsp3) is 0.667. The van der Waals surface area contributed by atoms with Crippen LogP contribution in [-0.2, 0) is 60.2 Å². The van der Waals surface area contributed by atoms with Crippen molar-refractivity contribution < 1.29 is 60.2 Å². The van der Waals surface area contributed by atoms with Gasteiger partial charge < -0.3 is 62.7 Å². The van der Waals surface area contributed by atoms with Crippen LogP contribution in [0.2, 0.25) is 0 Å². The fourth-order valence-corrected chi connectivity index (χ4v) is 4.16. The molecule has 1 heterocycles. The van der Waals surface area contributed by atoms with Crippen LogP contribution in [0.25, 0.3) is 0 Å². The summed E-state index contributed by atoms with van der Waals surface area (Å²) in [4.78, 5) is 111. The number of nitrogens with zero attached hydrogens (tertiary/aromatic N) is 3. The zero-order valence-corrected chi connectivity index (χ0v) is 28.4. The van der Waals surface area contributed by atoms with Crippen molar-refractivity contribution in [3.8, 4) is 0 Å².